The molecule has 3 rings (SSSR count). The Hall–Kier alpha value is -1.48. The lowest BCUT2D eigenvalue weighted by Crippen LogP contribution is -2.41. The fraction of sp³-hybridized carbons (Fsp3) is 0.476. The van der Waals surface area contributed by atoms with Crippen LogP contribution in [0.1, 0.15) is 40.9 Å². The summed E-state index contributed by atoms with van der Waals surface area (Å²) in [5, 5.41) is 1.35. The number of benzene rings is 1. The van der Waals surface area contributed by atoms with Gasteiger partial charge in [-0.05, 0) is 53.7 Å². The van der Waals surface area contributed by atoms with Crippen LogP contribution in [0.3, 0.4) is 0 Å². The van der Waals surface area contributed by atoms with Gasteiger partial charge in [-0.1, -0.05) is 51.4 Å². The Morgan fingerprint density at radius 2 is 1.96 bits per heavy atom. The van der Waals surface area contributed by atoms with E-state index in [1.807, 2.05) is 12.3 Å². The molecule has 0 saturated heterocycles. The summed E-state index contributed by atoms with van der Waals surface area (Å²) in [5.41, 5.74) is 2.29. The molecule has 1 aromatic carbocycles. The summed E-state index contributed by atoms with van der Waals surface area (Å²) < 4.78 is 37.0. The summed E-state index contributed by atoms with van der Waals surface area (Å²) in [6.45, 7) is 4.64. The van der Waals surface area contributed by atoms with Gasteiger partial charge in [0.2, 0.25) is 0 Å². The van der Waals surface area contributed by atoms with E-state index in [1.54, 1.807) is 6.07 Å². The van der Waals surface area contributed by atoms with Crippen molar-refractivity contribution in [2.75, 3.05) is 0 Å². The Morgan fingerprint density at radius 1 is 1.21 bits per heavy atom. The molecule has 0 bridgehead atoms. The molecule has 1 aliphatic rings. The minimum absolute atomic E-state index is 0.0219. The minimum Gasteiger partial charge on any atom is -0.256 e. The number of rotatable bonds is 4. The first kappa shape index (κ1) is 13.8. The molecule has 1 nitrogen and oxygen atoms in total. The summed E-state index contributed by atoms with van der Waals surface area (Å²) >= 11 is 0. The van der Waals surface area contributed by atoms with Crippen LogP contribution in [-0.2, 0) is 6.42 Å². The fourth-order valence-corrected chi connectivity index (χ4v) is 5.33. The van der Waals surface area contributed by atoms with Gasteiger partial charge in [-0.2, -0.15) is 0 Å². The van der Waals surface area contributed by atoms with Crippen LogP contribution in [-0.4, -0.2) is 13.1 Å². The zero-order chi connectivity index (χ0) is 19.8. The molecule has 3 heteroatoms. The van der Waals surface area contributed by atoms with E-state index < -0.39 is 20.7 Å². The molecule has 0 atom stereocenters. The van der Waals surface area contributed by atoms with E-state index in [0.29, 0.717) is 17.2 Å². The molecule has 0 N–H and O–H groups in total. The van der Waals surface area contributed by atoms with Gasteiger partial charge in [0.1, 0.15) is 5.82 Å². The van der Waals surface area contributed by atoms with Gasteiger partial charge >= 0.3 is 0 Å². The lowest BCUT2D eigenvalue weighted by atomic mass is 9.97. The lowest BCUT2D eigenvalue weighted by molar-refractivity contribution is 0.547. The molecule has 1 heterocycles. The van der Waals surface area contributed by atoms with Gasteiger partial charge in [0.25, 0.3) is 0 Å². The molecule has 1 aromatic heterocycles. The summed E-state index contributed by atoms with van der Waals surface area (Å²) in [7, 11) is -1.55. The van der Waals surface area contributed by atoms with E-state index in [2.05, 4.69) is 24.6 Å². The first-order valence-corrected chi connectivity index (χ1v) is 12.4. The summed E-state index contributed by atoms with van der Waals surface area (Å²) in [5.74, 6) is 0.182. The molecule has 1 fully saturated rings. The normalized spacial score (nSPS) is 18.2. The number of nitrogens with zero attached hydrogens (tertiary/aromatic N) is 1. The third-order valence-electron chi connectivity index (χ3n) is 5.03. The first-order chi connectivity index (χ1) is 12.6. The van der Waals surface area contributed by atoms with Crippen LogP contribution >= 0.6 is 0 Å². The molecule has 0 spiro atoms. The van der Waals surface area contributed by atoms with Crippen LogP contribution in [0.4, 0.5) is 4.39 Å². The monoisotopic (exact) mass is 344 g/mol. The van der Waals surface area contributed by atoms with Gasteiger partial charge in [-0.25, -0.2) is 4.39 Å². The Bertz CT molecular complexity index is 821. The van der Waals surface area contributed by atoms with Crippen molar-refractivity contribution < 1.29 is 8.50 Å². The lowest BCUT2D eigenvalue weighted by Gasteiger charge is -2.23. The Labute approximate surface area is 150 Å². The topological polar surface area (TPSA) is 12.9 Å². The number of aromatic nitrogens is 1. The van der Waals surface area contributed by atoms with Gasteiger partial charge in [0.05, 0.1) is 13.8 Å². The highest BCUT2D eigenvalue weighted by Crippen LogP contribution is 2.30. The SMILES string of the molecule is [2H]C([2H])([2H])c1ccc(-c2cc(CC3CCCC3)c([Si](C)(C)C)cn2)c(F)c1. The van der Waals surface area contributed by atoms with Crippen molar-refractivity contribution in [2.24, 2.45) is 5.92 Å². The summed E-state index contributed by atoms with van der Waals surface area (Å²) in [4.78, 5) is 4.56. The maximum Gasteiger partial charge on any atom is 0.132 e. The summed E-state index contributed by atoms with van der Waals surface area (Å²) in [6, 6.07) is 6.19. The van der Waals surface area contributed by atoms with E-state index in [0.717, 1.165) is 12.5 Å². The number of hydrogen-bond donors (Lipinski definition) is 0. The molecule has 0 aliphatic heterocycles. The second-order valence-electron chi connectivity index (χ2n) is 8.03. The van der Waals surface area contributed by atoms with Crippen LogP contribution in [0.2, 0.25) is 19.6 Å². The van der Waals surface area contributed by atoms with E-state index in [4.69, 9.17) is 4.11 Å². The minimum atomic E-state index is -2.30. The van der Waals surface area contributed by atoms with Gasteiger partial charge in [0, 0.05) is 15.9 Å². The van der Waals surface area contributed by atoms with Crippen molar-refractivity contribution in [3.8, 4) is 11.3 Å². The molecular weight excluding hydrogens is 313 g/mol. The predicted molar refractivity (Wildman–Crippen MR) is 103 cm³/mol. The second-order valence-corrected chi connectivity index (χ2v) is 13.1. The fourth-order valence-electron chi connectivity index (χ4n) is 3.74. The third-order valence-corrected chi connectivity index (χ3v) is 7.09. The molecule has 24 heavy (non-hydrogen) atoms. The predicted octanol–water partition coefficient (Wildman–Crippen LogP) is 5.47. The Morgan fingerprint density at radius 3 is 2.58 bits per heavy atom. The third kappa shape index (κ3) is 3.77. The number of aryl methyl sites for hydroxylation is 1. The average Bonchev–Trinajstić information content (AvgIpc) is 3.05. The van der Waals surface area contributed by atoms with E-state index in [1.165, 1.54) is 42.5 Å². The zero-order valence-corrected chi connectivity index (χ0v) is 15.8. The molecule has 0 amide bonds. The molecule has 0 radical (unpaired) electrons. The van der Waals surface area contributed by atoms with Crippen LogP contribution in [0, 0.1) is 18.6 Å². The maximum absolute atomic E-state index is 14.7. The van der Waals surface area contributed by atoms with E-state index in [-0.39, 0.29) is 5.56 Å². The van der Waals surface area contributed by atoms with Gasteiger partial charge in [-0.15, -0.1) is 0 Å². The highest BCUT2D eigenvalue weighted by molar-refractivity contribution is 6.89. The molecular formula is C21H28FNSi. The van der Waals surface area contributed by atoms with Crippen molar-refractivity contribution in [1.82, 2.24) is 4.98 Å². The van der Waals surface area contributed by atoms with Crippen molar-refractivity contribution in [2.45, 2.75) is 58.6 Å². The first-order valence-electron chi connectivity index (χ1n) is 10.4. The van der Waals surface area contributed by atoms with Crippen molar-refractivity contribution in [3.63, 3.8) is 0 Å². The van der Waals surface area contributed by atoms with Crippen LogP contribution in [0.25, 0.3) is 11.3 Å². The Balaban J connectivity index is 2.01. The van der Waals surface area contributed by atoms with Crippen molar-refractivity contribution in [1.29, 1.82) is 0 Å². The average molecular weight is 345 g/mol. The second kappa shape index (κ2) is 6.79. The number of hydrogen-bond acceptors (Lipinski definition) is 1. The molecule has 128 valence electrons. The molecule has 2 aromatic rings. The molecule has 1 aliphatic carbocycles. The summed E-state index contributed by atoms with van der Waals surface area (Å²) in [6.07, 6.45) is 8.11. The smallest absolute Gasteiger partial charge is 0.132 e. The van der Waals surface area contributed by atoms with Crippen molar-refractivity contribution in [3.05, 3.63) is 47.4 Å². The van der Waals surface area contributed by atoms with E-state index in [9.17, 15) is 4.39 Å². The zero-order valence-electron chi connectivity index (χ0n) is 17.8. The van der Waals surface area contributed by atoms with Gasteiger partial charge < -0.3 is 0 Å². The van der Waals surface area contributed by atoms with Crippen LogP contribution in [0.5, 0.6) is 0 Å². The maximum atomic E-state index is 14.7. The van der Waals surface area contributed by atoms with Crippen LogP contribution < -0.4 is 5.19 Å². The quantitative estimate of drug-likeness (QED) is 0.670. The number of pyridine rings is 1. The number of halogens is 1. The Kier molecular flexibility index (Phi) is 3.90. The van der Waals surface area contributed by atoms with Gasteiger partial charge in [-0.3, -0.25) is 4.98 Å². The van der Waals surface area contributed by atoms with Crippen LogP contribution in [0.15, 0.2) is 30.5 Å². The van der Waals surface area contributed by atoms with E-state index >= 15 is 0 Å². The molecule has 0 unspecified atom stereocenters. The highest BCUT2D eigenvalue weighted by Gasteiger charge is 2.24. The van der Waals surface area contributed by atoms with Crippen molar-refractivity contribution >= 4 is 13.3 Å². The largest absolute Gasteiger partial charge is 0.256 e. The standard InChI is InChI=1S/C21H28FNSi/c1-15-9-10-18(19(22)11-15)20-13-17(12-16-7-5-6-8-16)21(14-23-20)24(2,3)4/h9-11,13-14,16H,5-8,12H2,1-4H3/i1D3. The van der Waals surface area contributed by atoms with Gasteiger partial charge in [0.15, 0.2) is 0 Å². The molecule has 1 saturated carbocycles. The highest BCUT2D eigenvalue weighted by atomic mass is 28.3.